The summed E-state index contributed by atoms with van der Waals surface area (Å²) in [5.41, 5.74) is 5.65. The second-order valence-electron chi connectivity index (χ2n) is 8.76. The second-order valence-corrected chi connectivity index (χ2v) is 9.10. The van der Waals surface area contributed by atoms with Gasteiger partial charge in [-0.2, -0.15) is 0 Å². The van der Waals surface area contributed by atoms with E-state index in [0.29, 0.717) is 5.82 Å². The molecule has 0 saturated heterocycles. The number of nitrogens with one attached hydrogen (secondary N) is 2. The van der Waals surface area contributed by atoms with Crippen LogP contribution in [-0.4, -0.2) is 21.7 Å². The Balaban J connectivity index is 1.67. The van der Waals surface area contributed by atoms with Gasteiger partial charge in [-0.25, -0.2) is 14.8 Å². The SMILES string of the molecule is Cc1ccc(Nc2nc(Cl)ncc2C)cc1CCc1cccc(NC(=O)OC(C)(C)C)c1. The summed E-state index contributed by atoms with van der Waals surface area (Å²) in [5.74, 6) is 0.695. The summed E-state index contributed by atoms with van der Waals surface area (Å²) in [7, 11) is 0. The highest BCUT2D eigenvalue weighted by atomic mass is 35.5. The van der Waals surface area contributed by atoms with Gasteiger partial charge in [0.15, 0.2) is 0 Å². The highest BCUT2D eigenvalue weighted by Crippen LogP contribution is 2.23. The maximum absolute atomic E-state index is 12.0. The average Bonchev–Trinajstić information content (AvgIpc) is 2.70. The fourth-order valence-electron chi connectivity index (χ4n) is 3.21. The summed E-state index contributed by atoms with van der Waals surface area (Å²) >= 11 is 5.94. The molecule has 1 amide bonds. The van der Waals surface area contributed by atoms with Crippen LogP contribution in [0.25, 0.3) is 0 Å². The number of amides is 1. The van der Waals surface area contributed by atoms with Crippen LogP contribution in [0.5, 0.6) is 0 Å². The number of carbonyl (C=O) groups is 1. The van der Waals surface area contributed by atoms with Crippen molar-refractivity contribution in [2.75, 3.05) is 10.6 Å². The monoisotopic (exact) mass is 452 g/mol. The molecule has 2 N–H and O–H groups in total. The Morgan fingerprint density at radius 1 is 1.03 bits per heavy atom. The first-order valence-electron chi connectivity index (χ1n) is 10.5. The van der Waals surface area contributed by atoms with Crippen molar-refractivity contribution in [1.29, 1.82) is 0 Å². The van der Waals surface area contributed by atoms with Gasteiger partial charge in [-0.1, -0.05) is 18.2 Å². The Morgan fingerprint density at radius 2 is 1.81 bits per heavy atom. The normalized spacial score (nSPS) is 11.2. The molecule has 0 fully saturated rings. The molecule has 0 aliphatic rings. The molecule has 0 bridgehead atoms. The van der Waals surface area contributed by atoms with Crippen LogP contribution in [0.15, 0.2) is 48.7 Å². The third kappa shape index (κ3) is 6.95. The lowest BCUT2D eigenvalue weighted by Crippen LogP contribution is -2.27. The molecule has 32 heavy (non-hydrogen) atoms. The Kier molecular flexibility index (Phi) is 7.36. The van der Waals surface area contributed by atoms with E-state index in [-0.39, 0.29) is 5.28 Å². The second kappa shape index (κ2) is 10.0. The highest BCUT2D eigenvalue weighted by molar-refractivity contribution is 6.28. The summed E-state index contributed by atoms with van der Waals surface area (Å²) in [6.07, 6.45) is 2.95. The van der Waals surface area contributed by atoms with E-state index in [0.717, 1.165) is 35.3 Å². The Morgan fingerprint density at radius 3 is 2.56 bits per heavy atom. The van der Waals surface area contributed by atoms with Gasteiger partial charge in [0, 0.05) is 23.1 Å². The molecule has 0 radical (unpaired) electrons. The molecule has 3 rings (SSSR count). The smallest absolute Gasteiger partial charge is 0.412 e. The van der Waals surface area contributed by atoms with Crippen molar-refractivity contribution >= 4 is 34.9 Å². The Labute approximate surface area is 194 Å². The molecule has 0 spiro atoms. The number of rotatable bonds is 6. The largest absolute Gasteiger partial charge is 0.444 e. The summed E-state index contributed by atoms with van der Waals surface area (Å²) in [5, 5.41) is 6.35. The van der Waals surface area contributed by atoms with Gasteiger partial charge in [-0.3, -0.25) is 5.32 Å². The molecule has 1 heterocycles. The van der Waals surface area contributed by atoms with Crippen LogP contribution in [0, 0.1) is 13.8 Å². The zero-order valence-electron chi connectivity index (χ0n) is 19.1. The van der Waals surface area contributed by atoms with Crippen LogP contribution in [0.4, 0.5) is 22.0 Å². The van der Waals surface area contributed by atoms with Gasteiger partial charge in [-0.15, -0.1) is 0 Å². The molecule has 1 aromatic heterocycles. The maximum atomic E-state index is 12.0. The van der Waals surface area contributed by atoms with E-state index >= 15 is 0 Å². The van der Waals surface area contributed by atoms with E-state index < -0.39 is 11.7 Å². The van der Waals surface area contributed by atoms with Crippen LogP contribution in [0.3, 0.4) is 0 Å². The molecule has 0 saturated carbocycles. The van der Waals surface area contributed by atoms with Gasteiger partial charge in [0.25, 0.3) is 0 Å². The minimum atomic E-state index is -0.534. The fourth-order valence-corrected chi connectivity index (χ4v) is 3.34. The third-order valence-electron chi connectivity index (χ3n) is 4.81. The number of halogens is 1. The minimum Gasteiger partial charge on any atom is -0.444 e. The number of aryl methyl sites for hydroxylation is 4. The summed E-state index contributed by atoms with van der Waals surface area (Å²) in [6, 6.07) is 14.1. The fraction of sp³-hybridized carbons (Fsp3) is 0.320. The lowest BCUT2D eigenvalue weighted by Gasteiger charge is -2.19. The van der Waals surface area contributed by atoms with Crippen molar-refractivity contribution in [2.45, 2.75) is 53.1 Å². The van der Waals surface area contributed by atoms with Crippen molar-refractivity contribution < 1.29 is 9.53 Å². The summed E-state index contributed by atoms with van der Waals surface area (Å²) in [6.45, 7) is 9.57. The van der Waals surface area contributed by atoms with Crippen LogP contribution in [0.1, 0.15) is 43.0 Å². The molecule has 0 atom stereocenters. The first kappa shape index (κ1) is 23.5. The number of ether oxygens (including phenoxy) is 1. The third-order valence-corrected chi connectivity index (χ3v) is 4.99. The number of aromatic nitrogens is 2. The number of nitrogens with zero attached hydrogens (tertiary/aromatic N) is 2. The molecule has 0 aliphatic carbocycles. The lowest BCUT2D eigenvalue weighted by molar-refractivity contribution is 0.0636. The number of anilines is 3. The molecule has 0 aliphatic heterocycles. The van der Waals surface area contributed by atoms with Crippen molar-refractivity contribution in [1.82, 2.24) is 9.97 Å². The Hall–Kier alpha value is -3.12. The van der Waals surface area contributed by atoms with E-state index in [2.05, 4.69) is 45.7 Å². The molecule has 168 valence electrons. The van der Waals surface area contributed by atoms with Crippen molar-refractivity contribution in [3.63, 3.8) is 0 Å². The van der Waals surface area contributed by atoms with Crippen LogP contribution >= 0.6 is 11.6 Å². The van der Waals surface area contributed by atoms with Crippen molar-refractivity contribution in [2.24, 2.45) is 0 Å². The average molecular weight is 453 g/mol. The van der Waals surface area contributed by atoms with Gasteiger partial charge < -0.3 is 10.1 Å². The molecule has 0 unspecified atom stereocenters. The maximum Gasteiger partial charge on any atom is 0.412 e. The van der Waals surface area contributed by atoms with E-state index in [1.807, 2.05) is 52.0 Å². The standard InChI is InChI=1S/C25H29ClN4O2/c1-16-9-12-21(28-22-17(2)15-27-23(26)30-22)14-19(16)11-10-18-7-6-8-20(13-18)29-24(31)32-25(3,4)5/h6-9,12-15H,10-11H2,1-5H3,(H,29,31)(H,27,28,30). The molecule has 6 nitrogen and oxygen atoms in total. The number of carbonyl (C=O) groups excluding carboxylic acids is 1. The van der Waals surface area contributed by atoms with E-state index in [4.69, 9.17) is 16.3 Å². The lowest BCUT2D eigenvalue weighted by atomic mass is 9.99. The first-order valence-corrected chi connectivity index (χ1v) is 10.9. The minimum absolute atomic E-state index is 0.213. The zero-order valence-corrected chi connectivity index (χ0v) is 19.9. The van der Waals surface area contributed by atoms with Crippen LogP contribution in [-0.2, 0) is 17.6 Å². The molecule has 7 heteroatoms. The Bertz CT molecular complexity index is 1110. The molecular formula is C25H29ClN4O2. The zero-order chi connectivity index (χ0) is 23.3. The highest BCUT2D eigenvalue weighted by Gasteiger charge is 2.16. The van der Waals surface area contributed by atoms with Gasteiger partial charge in [0.1, 0.15) is 11.4 Å². The first-order chi connectivity index (χ1) is 15.1. The van der Waals surface area contributed by atoms with Gasteiger partial charge in [-0.05, 0) is 100 Å². The van der Waals surface area contributed by atoms with Crippen LogP contribution < -0.4 is 10.6 Å². The molecule has 3 aromatic rings. The summed E-state index contributed by atoms with van der Waals surface area (Å²) in [4.78, 5) is 20.3. The van der Waals surface area contributed by atoms with Crippen molar-refractivity contribution in [3.05, 3.63) is 76.2 Å². The topological polar surface area (TPSA) is 76.1 Å². The van der Waals surface area contributed by atoms with E-state index in [1.54, 1.807) is 6.20 Å². The number of hydrogen-bond donors (Lipinski definition) is 2. The number of hydrogen-bond acceptors (Lipinski definition) is 5. The van der Waals surface area contributed by atoms with Gasteiger partial charge >= 0.3 is 6.09 Å². The predicted molar refractivity (Wildman–Crippen MR) is 130 cm³/mol. The van der Waals surface area contributed by atoms with Gasteiger partial charge in [0.05, 0.1) is 0 Å². The van der Waals surface area contributed by atoms with E-state index in [1.165, 1.54) is 11.1 Å². The molecular weight excluding hydrogens is 424 g/mol. The van der Waals surface area contributed by atoms with Crippen molar-refractivity contribution in [3.8, 4) is 0 Å². The van der Waals surface area contributed by atoms with Crippen LogP contribution in [0.2, 0.25) is 5.28 Å². The predicted octanol–water partition coefficient (Wildman–Crippen LogP) is 6.62. The summed E-state index contributed by atoms with van der Waals surface area (Å²) < 4.78 is 5.33. The number of benzene rings is 2. The van der Waals surface area contributed by atoms with E-state index in [9.17, 15) is 4.79 Å². The quantitative estimate of drug-likeness (QED) is 0.411. The van der Waals surface area contributed by atoms with Gasteiger partial charge in [0.2, 0.25) is 5.28 Å². The molecule has 2 aromatic carbocycles.